The van der Waals surface area contributed by atoms with Crippen molar-refractivity contribution in [3.8, 4) is 0 Å². The van der Waals surface area contributed by atoms with Gasteiger partial charge in [0.1, 0.15) is 11.9 Å². The highest BCUT2D eigenvalue weighted by molar-refractivity contribution is 5.97. The monoisotopic (exact) mass is 331 g/mol. The summed E-state index contributed by atoms with van der Waals surface area (Å²) >= 11 is 0. The molecule has 2 aromatic rings. The van der Waals surface area contributed by atoms with Crippen molar-refractivity contribution in [2.45, 2.75) is 12.5 Å². The summed E-state index contributed by atoms with van der Waals surface area (Å²) in [5.74, 6) is -2.15. The zero-order chi connectivity index (χ0) is 17.7. The van der Waals surface area contributed by atoms with Gasteiger partial charge in [-0.2, -0.15) is 0 Å². The smallest absolute Gasteiger partial charge is 0.272 e. The van der Waals surface area contributed by atoms with Gasteiger partial charge >= 0.3 is 0 Å². The van der Waals surface area contributed by atoms with E-state index < -0.39 is 28.6 Å². The van der Waals surface area contributed by atoms with E-state index in [0.717, 1.165) is 6.07 Å². The average molecular weight is 331 g/mol. The van der Waals surface area contributed by atoms with E-state index in [2.05, 4.69) is 5.32 Å². The van der Waals surface area contributed by atoms with Crippen LogP contribution in [0.15, 0.2) is 48.5 Å². The molecule has 0 saturated heterocycles. The Bertz CT molecular complexity index is 794. The molecule has 0 spiro atoms. The molecule has 8 heteroatoms. The molecule has 2 rings (SSSR count). The molecule has 0 heterocycles. The van der Waals surface area contributed by atoms with Crippen LogP contribution in [0.3, 0.4) is 0 Å². The Hall–Kier alpha value is -3.29. The number of halogens is 1. The largest absolute Gasteiger partial charge is 0.368 e. The molecule has 7 nitrogen and oxygen atoms in total. The van der Waals surface area contributed by atoms with Crippen LogP contribution < -0.4 is 11.1 Å². The van der Waals surface area contributed by atoms with Crippen molar-refractivity contribution in [1.29, 1.82) is 0 Å². The third kappa shape index (κ3) is 4.13. The third-order valence-corrected chi connectivity index (χ3v) is 3.35. The van der Waals surface area contributed by atoms with Crippen LogP contribution >= 0.6 is 0 Å². The van der Waals surface area contributed by atoms with Crippen LogP contribution in [0.25, 0.3) is 0 Å². The van der Waals surface area contributed by atoms with Crippen LogP contribution in [0.4, 0.5) is 10.1 Å². The number of primary amides is 1. The maximum absolute atomic E-state index is 13.2. The number of nitro groups is 1. The van der Waals surface area contributed by atoms with E-state index in [1.54, 1.807) is 6.07 Å². The standard InChI is InChI=1S/C16H14FN3O4/c17-12-6-3-5-11(8-12)16(22)19-13(15(18)21)9-10-4-1-2-7-14(10)20(23)24/h1-8,13H,9H2,(H2,18,21)(H,19,22)/t13-/m1/s1. The number of nitro benzene ring substituents is 1. The quantitative estimate of drug-likeness (QED) is 0.617. The molecular weight excluding hydrogens is 317 g/mol. The van der Waals surface area contributed by atoms with Crippen LogP contribution in [0.2, 0.25) is 0 Å². The van der Waals surface area contributed by atoms with Gasteiger partial charge in [0.25, 0.3) is 11.6 Å². The van der Waals surface area contributed by atoms with Crippen LogP contribution in [0.5, 0.6) is 0 Å². The number of nitrogens with one attached hydrogen (secondary N) is 1. The maximum atomic E-state index is 13.2. The lowest BCUT2D eigenvalue weighted by Gasteiger charge is -2.15. The third-order valence-electron chi connectivity index (χ3n) is 3.35. The fourth-order valence-electron chi connectivity index (χ4n) is 2.18. The molecule has 0 radical (unpaired) electrons. The molecule has 124 valence electrons. The second-order valence-electron chi connectivity index (χ2n) is 5.03. The van der Waals surface area contributed by atoms with Gasteiger partial charge in [0.05, 0.1) is 4.92 Å². The van der Waals surface area contributed by atoms with Gasteiger partial charge in [-0.1, -0.05) is 24.3 Å². The van der Waals surface area contributed by atoms with E-state index in [4.69, 9.17) is 5.73 Å². The second-order valence-corrected chi connectivity index (χ2v) is 5.03. The number of amides is 2. The normalized spacial score (nSPS) is 11.5. The van der Waals surface area contributed by atoms with E-state index >= 15 is 0 Å². The molecule has 1 atom stereocenters. The van der Waals surface area contributed by atoms with E-state index in [-0.39, 0.29) is 23.2 Å². The van der Waals surface area contributed by atoms with Gasteiger partial charge in [-0.25, -0.2) is 4.39 Å². The summed E-state index contributed by atoms with van der Waals surface area (Å²) in [6, 6.07) is 9.59. The molecule has 0 aromatic heterocycles. The minimum atomic E-state index is -1.16. The highest BCUT2D eigenvalue weighted by Crippen LogP contribution is 2.19. The minimum Gasteiger partial charge on any atom is -0.368 e. The molecular formula is C16H14FN3O4. The van der Waals surface area contributed by atoms with Crippen LogP contribution in [0, 0.1) is 15.9 Å². The summed E-state index contributed by atoms with van der Waals surface area (Å²) in [5, 5.41) is 13.4. The summed E-state index contributed by atoms with van der Waals surface area (Å²) in [6.45, 7) is 0. The van der Waals surface area contributed by atoms with Crippen LogP contribution in [0.1, 0.15) is 15.9 Å². The first kappa shape index (κ1) is 17.1. The summed E-state index contributed by atoms with van der Waals surface area (Å²) in [7, 11) is 0. The van der Waals surface area contributed by atoms with Crippen molar-refractivity contribution in [1.82, 2.24) is 5.32 Å². The Kier molecular flexibility index (Phi) is 5.20. The fourth-order valence-corrected chi connectivity index (χ4v) is 2.18. The Labute approximate surface area is 136 Å². The molecule has 24 heavy (non-hydrogen) atoms. The minimum absolute atomic E-state index is 0.0174. The highest BCUT2D eigenvalue weighted by Gasteiger charge is 2.23. The van der Waals surface area contributed by atoms with Crippen molar-refractivity contribution in [3.63, 3.8) is 0 Å². The van der Waals surface area contributed by atoms with E-state index in [9.17, 15) is 24.1 Å². The Morgan fingerprint density at radius 1 is 1.21 bits per heavy atom. The molecule has 0 aliphatic heterocycles. The first-order valence-electron chi connectivity index (χ1n) is 6.96. The number of rotatable bonds is 6. The number of para-hydroxylation sites is 1. The van der Waals surface area contributed by atoms with Gasteiger partial charge in [0.15, 0.2) is 0 Å². The number of carbonyl (C=O) groups is 2. The van der Waals surface area contributed by atoms with Gasteiger partial charge < -0.3 is 11.1 Å². The zero-order valence-electron chi connectivity index (χ0n) is 12.4. The first-order chi connectivity index (χ1) is 11.4. The van der Waals surface area contributed by atoms with Crippen LogP contribution in [-0.4, -0.2) is 22.8 Å². The lowest BCUT2D eigenvalue weighted by atomic mass is 10.0. The summed E-state index contributed by atoms with van der Waals surface area (Å²) in [5.41, 5.74) is 5.37. The van der Waals surface area contributed by atoms with Gasteiger partial charge in [0.2, 0.25) is 5.91 Å². The Morgan fingerprint density at radius 2 is 1.92 bits per heavy atom. The fraction of sp³-hybridized carbons (Fsp3) is 0.125. The van der Waals surface area contributed by atoms with Crippen molar-refractivity contribution in [2.75, 3.05) is 0 Å². The predicted molar refractivity (Wildman–Crippen MR) is 83.6 cm³/mol. The highest BCUT2D eigenvalue weighted by atomic mass is 19.1. The zero-order valence-corrected chi connectivity index (χ0v) is 12.4. The predicted octanol–water partition coefficient (Wildman–Crippen LogP) is 1.56. The second kappa shape index (κ2) is 7.32. The van der Waals surface area contributed by atoms with Crippen molar-refractivity contribution in [2.24, 2.45) is 5.73 Å². The van der Waals surface area contributed by atoms with E-state index in [1.807, 2.05) is 0 Å². The van der Waals surface area contributed by atoms with Gasteiger partial charge in [0, 0.05) is 23.6 Å². The van der Waals surface area contributed by atoms with Gasteiger partial charge in [-0.3, -0.25) is 19.7 Å². The Morgan fingerprint density at radius 3 is 2.54 bits per heavy atom. The molecule has 0 unspecified atom stereocenters. The average Bonchev–Trinajstić information content (AvgIpc) is 2.54. The molecule has 0 aliphatic carbocycles. The lowest BCUT2D eigenvalue weighted by molar-refractivity contribution is -0.385. The number of nitrogens with zero attached hydrogens (tertiary/aromatic N) is 1. The number of carbonyl (C=O) groups excluding carboxylic acids is 2. The van der Waals surface area contributed by atoms with Crippen molar-refractivity contribution >= 4 is 17.5 Å². The first-order valence-corrected chi connectivity index (χ1v) is 6.96. The number of benzene rings is 2. The van der Waals surface area contributed by atoms with Crippen molar-refractivity contribution < 1.29 is 18.9 Å². The molecule has 2 aromatic carbocycles. The summed E-state index contributed by atoms with van der Waals surface area (Å²) in [4.78, 5) is 34.1. The topological polar surface area (TPSA) is 115 Å². The molecule has 0 bridgehead atoms. The molecule has 3 N–H and O–H groups in total. The number of hydrogen-bond acceptors (Lipinski definition) is 4. The molecule has 2 amide bonds. The molecule has 0 fully saturated rings. The summed E-state index contributed by atoms with van der Waals surface area (Å²) < 4.78 is 13.2. The molecule has 0 saturated carbocycles. The van der Waals surface area contributed by atoms with Gasteiger partial charge in [-0.05, 0) is 18.2 Å². The van der Waals surface area contributed by atoms with Crippen LogP contribution in [-0.2, 0) is 11.2 Å². The van der Waals surface area contributed by atoms with E-state index in [0.29, 0.717) is 0 Å². The SMILES string of the molecule is NC(=O)[C@@H](Cc1ccccc1[N+](=O)[O-])NC(=O)c1cccc(F)c1. The van der Waals surface area contributed by atoms with Crippen molar-refractivity contribution in [3.05, 3.63) is 75.6 Å². The van der Waals surface area contributed by atoms with E-state index in [1.165, 1.54) is 36.4 Å². The maximum Gasteiger partial charge on any atom is 0.272 e. The number of nitrogens with two attached hydrogens (primary N) is 1. The molecule has 0 aliphatic rings. The summed E-state index contributed by atoms with van der Waals surface area (Å²) in [6.07, 6.45) is -0.145. The lowest BCUT2D eigenvalue weighted by Crippen LogP contribution is -2.46. The van der Waals surface area contributed by atoms with Gasteiger partial charge in [-0.15, -0.1) is 0 Å². The Balaban J connectivity index is 2.20. The number of hydrogen-bond donors (Lipinski definition) is 2.